The van der Waals surface area contributed by atoms with Gasteiger partial charge in [0, 0.05) is 0 Å². The minimum Gasteiger partial charge on any atom is -0.462 e. The highest BCUT2D eigenvalue weighted by Crippen LogP contribution is 2.36. The van der Waals surface area contributed by atoms with Crippen molar-refractivity contribution in [2.24, 2.45) is 0 Å². The van der Waals surface area contributed by atoms with Gasteiger partial charge in [-0.05, 0) is 49.9 Å². The van der Waals surface area contributed by atoms with Gasteiger partial charge in [-0.25, -0.2) is 9.78 Å². The van der Waals surface area contributed by atoms with Crippen molar-refractivity contribution < 1.29 is 14.3 Å². The van der Waals surface area contributed by atoms with E-state index in [0.29, 0.717) is 17.2 Å². The van der Waals surface area contributed by atoms with Crippen LogP contribution in [-0.2, 0) is 9.53 Å². The van der Waals surface area contributed by atoms with Crippen molar-refractivity contribution in [2.75, 3.05) is 25.0 Å². The van der Waals surface area contributed by atoms with Crippen LogP contribution in [0.5, 0.6) is 0 Å². The predicted molar refractivity (Wildman–Crippen MR) is 112 cm³/mol. The molecular formula is C20H21N3O3S2. The van der Waals surface area contributed by atoms with Gasteiger partial charge in [0.1, 0.15) is 10.0 Å². The van der Waals surface area contributed by atoms with Crippen molar-refractivity contribution in [2.45, 2.75) is 25.8 Å². The number of ether oxygens (including phenoxy) is 1. The van der Waals surface area contributed by atoms with Gasteiger partial charge in [-0.1, -0.05) is 12.1 Å². The standard InChI is InChI=1S/C20H21N3O3S2/c1-2-26-20(25)13-9-11-27-18(13)22-17(24)12-23-10-5-7-15(23)19-21-14-6-3-4-8-16(14)28-19/h3-4,6,8-9,11,15H,2,5,7,10,12H2,1H3,(H,22,24). The first-order valence-corrected chi connectivity index (χ1v) is 11.0. The molecule has 1 N–H and O–H groups in total. The molecule has 1 aliphatic heterocycles. The molecule has 1 aromatic carbocycles. The Morgan fingerprint density at radius 3 is 3.00 bits per heavy atom. The molecule has 0 saturated carbocycles. The second-order valence-corrected chi connectivity index (χ2v) is 8.56. The van der Waals surface area contributed by atoms with Crippen LogP contribution in [0.4, 0.5) is 5.00 Å². The van der Waals surface area contributed by atoms with Gasteiger partial charge in [0.05, 0.1) is 35.0 Å². The molecule has 3 heterocycles. The molecule has 1 aliphatic rings. The number of anilines is 1. The fourth-order valence-electron chi connectivity index (χ4n) is 3.45. The Balaban J connectivity index is 1.44. The number of nitrogens with zero attached hydrogens (tertiary/aromatic N) is 2. The van der Waals surface area contributed by atoms with E-state index in [0.717, 1.165) is 29.9 Å². The Hall–Kier alpha value is -2.29. The number of amides is 1. The van der Waals surface area contributed by atoms with E-state index in [1.807, 2.05) is 18.2 Å². The number of carbonyl (C=O) groups is 2. The molecule has 6 nitrogen and oxygen atoms in total. The van der Waals surface area contributed by atoms with Gasteiger partial charge in [-0.2, -0.15) is 0 Å². The molecule has 2 aromatic heterocycles. The fraction of sp³-hybridized carbons (Fsp3) is 0.350. The van der Waals surface area contributed by atoms with Crippen LogP contribution >= 0.6 is 22.7 Å². The first kappa shape index (κ1) is 19.0. The van der Waals surface area contributed by atoms with E-state index in [2.05, 4.69) is 16.3 Å². The lowest BCUT2D eigenvalue weighted by Crippen LogP contribution is -2.33. The van der Waals surface area contributed by atoms with Gasteiger partial charge >= 0.3 is 5.97 Å². The summed E-state index contributed by atoms with van der Waals surface area (Å²) < 4.78 is 6.22. The molecular weight excluding hydrogens is 394 g/mol. The van der Waals surface area contributed by atoms with Crippen LogP contribution in [0.1, 0.15) is 41.2 Å². The summed E-state index contributed by atoms with van der Waals surface area (Å²) in [5, 5.41) is 6.26. The lowest BCUT2D eigenvalue weighted by atomic mass is 10.2. The van der Waals surface area contributed by atoms with Crippen molar-refractivity contribution in [1.82, 2.24) is 9.88 Å². The third-order valence-electron chi connectivity index (χ3n) is 4.72. The Morgan fingerprint density at radius 1 is 1.32 bits per heavy atom. The van der Waals surface area contributed by atoms with Gasteiger partial charge in [0.25, 0.3) is 0 Å². The SMILES string of the molecule is CCOC(=O)c1ccsc1NC(=O)CN1CCCC1c1nc2ccccc2s1. The molecule has 0 bridgehead atoms. The topological polar surface area (TPSA) is 71.5 Å². The summed E-state index contributed by atoms with van der Waals surface area (Å²) in [4.78, 5) is 31.6. The molecule has 1 saturated heterocycles. The first-order chi connectivity index (χ1) is 13.7. The number of hydrogen-bond acceptors (Lipinski definition) is 7. The number of esters is 1. The van der Waals surface area contributed by atoms with Crippen molar-refractivity contribution >= 4 is 49.8 Å². The summed E-state index contributed by atoms with van der Waals surface area (Å²) >= 11 is 3.03. The zero-order valence-electron chi connectivity index (χ0n) is 15.5. The fourth-order valence-corrected chi connectivity index (χ4v) is 5.38. The summed E-state index contributed by atoms with van der Waals surface area (Å²) in [6.07, 6.45) is 2.04. The Bertz CT molecular complexity index is 964. The van der Waals surface area contributed by atoms with E-state index < -0.39 is 5.97 Å². The van der Waals surface area contributed by atoms with Crippen molar-refractivity contribution in [3.05, 3.63) is 46.3 Å². The molecule has 1 unspecified atom stereocenters. The van der Waals surface area contributed by atoms with Crippen LogP contribution in [0.15, 0.2) is 35.7 Å². The number of likely N-dealkylation sites (tertiary alicyclic amines) is 1. The third-order valence-corrected chi connectivity index (χ3v) is 6.69. The summed E-state index contributed by atoms with van der Waals surface area (Å²) in [5.41, 5.74) is 1.42. The molecule has 1 amide bonds. The van der Waals surface area contributed by atoms with Crippen molar-refractivity contribution in [3.63, 3.8) is 0 Å². The first-order valence-electron chi connectivity index (χ1n) is 9.29. The molecule has 0 radical (unpaired) electrons. The number of para-hydroxylation sites is 1. The minimum absolute atomic E-state index is 0.124. The molecule has 1 fully saturated rings. The molecule has 4 rings (SSSR count). The molecule has 0 spiro atoms. The monoisotopic (exact) mass is 415 g/mol. The number of nitrogens with one attached hydrogen (secondary N) is 1. The van der Waals surface area contributed by atoms with Gasteiger partial charge < -0.3 is 10.1 Å². The molecule has 146 valence electrons. The van der Waals surface area contributed by atoms with E-state index in [1.54, 1.807) is 29.7 Å². The number of aromatic nitrogens is 1. The maximum atomic E-state index is 12.6. The van der Waals surface area contributed by atoms with Crippen LogP contribution in [0.2, 0.25) is 0 Å². The largest absolute Gasteiger partial charge is 0.462 e. The third kappa shape index (κ3) is 3.94. The molecule has 28 heavy (non-hydrogen) atoms. The van der Waals surface area contributed by atoms with E-state index in [9.17, 15) is 9.59 Å². The number of benzene rings is 1. The number of hydrogen-bond donors (Lipinski definition) is 1. The van der Waals surface area contributed by atoms with Gasteiger partial charge in [0.15, 0.2) is 0 Å². The van der Waals surface area contributed by atoms with Crippen LogP contribution in [0.3, 0.4) is 0 Å². The van der Waals surface area contributed by atoms with Gasteiger partial charge in [-0.15, -0.1) is 22.7 Å². The lowest BCUT2D eigenvalue weighted by molar-refractivity contribution is -0.117. The van der Waals surface area contributed by atoms with Gasteiger partial charge in [0.2, 0.25) is 5.91 Å². The zero-order valence-corrected chi connectivity index (χ0v) is 17.1. The smallest absolute Gasteiger partial charge is 0.341 e. The Kier molecular flexibility index (Phi) is 5.70. The van der Waals surface area contributed by atoms with Crippen LogP contribution in [0.25, 0.3) is 10.2 Å². The Morgan fingerprint density at radius 2 is 2.18 bits per heavy atom. The van der Waals surface area contributed by atoms with Crippen LogP contribution in [0, 0.1) is 0 Å². The predicted octanol–water partition coefficient (Wildman–Crippen LogP) is 4.31. The van der Waals surface area contributed by atoms with Crippen molar-refractivity contribution in [1.29, 1.82) is 0 Å². The molecule has 3 aromatic rings. The van der Waals surface area contributed by atoms with Crippen LogP contribution in [-0.4, -0.2) is 41.5 Å². The molecule has 8 heteroatoms. The zero-order chi connectivity index (χ0) is 19.5. The second kappa shape index (κ2) is 8.38. The highest BCUT2D eigenvalue weighted by atomic mass is 32.1. The maximum Gasteiger partial charge on any atom is 0.341 e. The van der Waals surface area contributed by atoms with E-state index in [1.165, 1.54) is 16.0 Å². The van der Waals surface area contributed by atoms with Crippen molar-refractivity contribution in [3.8, 4) is 0 Å². The lowest BCUT2D eigenvalue weighted by Gasteiger charge is -2.22. The second-order valence-electron chi connectivity index (χ2n) is 6.58. The number of carbonyl (C=O) groups excluding carboxylic acids is 2. The Labute approximate surface area is 171 Å². The van der Waals surface area contributed by atoms with Gasteiger partial charge in [-0.3, -0.25) is 9.69 Å². The summed E-state index contributed by atoms with van der Waals surface area (Å²) in [7, 11) is 0. The quantitative estimate of drug-likeness (QED) is 0.608. The van der Waals surface area contributed by atoms with E-state index in [4.69, 9.17) is 9.72 Å². The van der Waals surface area contributed by atoms with E-state index >= 15 is 0 Å². The maximum absolute atomic E-state index is 12.6. The summed E-state index contributed by atoms with van der Waals surface area (Å²) in [5.74, 6) is -0.534. The van der Waals surface area contributed by atoms with Crippen LogP contribution < -0.4 is 5.32 Å². The number of thiophene rings is 1. The minimum atomic E-state index is -0.410. The summed E-state index contributed by atoms with van der Waals surface area (Å²) in [6, 6.07) is 9.96. The summed E-state index contributed by atoms with van der Waals surface area (Å²) in [6.45, 7) is 3.21. The van der Waals surface area contributed by atoms with E-state index in [-0.39, 0.29) is 18.5 Å². The molecule has 1 atom stereocenters. The highest BCUT2D eigenvalue weighted by molar-refractivity contribution is 7.18. The number of fused-ring (bicyclic) bond motifs is 1. The average Bonchev–Trinajstić information content (AvgIpc) is 3.40. The number of thiazole rings is 1. The normalized spacial score (nSPS) is 17.1. The average molecular weight is 416 g/mol. The highest BCUT2D eigenvalue weighted by Gasteiger charge is 2.30. The number of rotatable bonds is 6. The molecule has 0 aliphatic carbocycles.